The molecule has 2 N–H and O–H groups in total. The van der Waals surface area contributed by atoms with Gasteiger partial charge in [0.15, 0.2) is 0 Å². The lowest BCUT2D eigenvalue weighted by molar-refractivity contribution is 0.297. The molecule has 2 aromatic carbocycles. The van der Waals surface area contributed by atoms with E-state index in [-0.39, 0.29) is 0 Å². The van der Waals surface area contributed by atoms with Gasteiger partial charge in [0.1, 0.15) is 18.2 Å². The largest absolute Gasteiger partial charge is 0.486 e. The molecule has 0 amide bonds. The number of piperidine rings is 1. The molecule has 1 atom stereocenters. The van der Waals surface area contributed by atoms with Gasteiger partial charge >= 0.3 is 0 Å². The van der Waals surface area contributed by atoms with Crippen molar-refractivity contribution in [2.24, 2.45) is 0 Å². The summed E-state index contributed by atoms with van der Waals surface area (Å²) in [5.74, 6) is 1.63. The van der Waals surface area contributed by atoms with E-state index in [2.05, 4.69) is 29.4 Å². The van der Waals surface area contributed by atoms with Crippen molar-refractivity contribution in [3.63, 3.8) is 0 Å². The molecule has 2 heterocycles. The van der Waals surface area contributed by atoms with Crippen LogP contribution < -0.4 is 10.1 Å². The van der Waals surface area contributed by atoms with E-state index < -0.39 is 0 Å². The molecular weight excluding hydrogens is 370 g/mol. The Labute approximate surface area is 171 Å². The lowest BCUT2D eigenvalue weighted by Gasteiger charge is -2.23. The maximum Gasteiger partial charge on any atom is 0.146 e. The monoisotopic (exact) mass is 397 g/mol. The number of aromatic amines is 1. The number of aromatic nitrogens is 2. The fourth-order valence-electron chi connectivity index (χ4n) is 4.04. The van der Waals surface area contributed by atoms with E-state index in [9.17, 15) is 0 Å². The van der Waals surface area contributed by atoms with Crippen molar-refractivity contribution in [3.8, 4) is 5.75 Å². The standard InChI is InChI=1S/C23H28ClN3O/c1-16-17(5-4-7-19-6-2-3-14-25-19)8-13-21-23(16)27-22(26-21)15-28-20-11-9-18(24)10-12-20/h8-13,19,25H,2-7,14-15H2,1H3,(H,26,27). The van der Waals surface area contributed by atoms with Crippen LogP contribution in [0.3, 0.4) is 0 Å². The average molecular weight is 398 g/mol. The quantitative estimate of drug-likeness (QED) is 0.548. The molecule has 1 fully saturated rings. The Balaban J connectivity index is 1.38. The Morgan fingerprint density at radius 1 is 1.14 bits per heavy atom. The molecule has 4 nitrogen and oxygen atoms in total. The zero-order valence-corrected chi connectivity index (χ0v) is 17.2. The van der Waals surface area contributed by atoms with Gasteiger partial charge in [-0.3, -0.25) is 0 Å². The topological polar surface area (TPSA) is 49.9 Å². The Morgan fingerprint density at radius 3 is 2.79 bits per heavy atom. The van der Waals surface area contributed by atoms with E-state index in [4.69, 9.17) is 21.3 Å². The number of rotatable bonds is 7. The van der Waals surface area contributed by atoms with E-state index >= 15 is 0 Å². The Bertz CT molecular complexity index is 913. The van der Waals surface area contributed by atoms with Crippen molar-refractivity contribution in [1.29, 1.82) is 0 Å². The van der Waals surface area contributed by atoms with Gasteiger partial charge < -0.3 is 15.0 Å². The van der Waals surface area contributed by atoms with Gasteiger partial charge in [0, 0.05) is 11.1 Å². The molecule has 0 saturated carbocycles. The predicted molar refractivity (Wildman–Crippen MR) is 115 cm³/mol. The first-order valence-electron chi connectivity index (χ1n) is 10.3. The molecule has 1 aromatic heterocycles. The molecule has 0 aliphatic carbocycles. The first-order valence-corrected chi connectivity index (χ1v) is 10.7. The zero-order valence-electron chi connectivity index (χ0n) is 16.4. The summed E-state index contributed by atoms with van der Waals surface area (Å²) in [7, 11) is 0. The van der Waals surface area contributed by atoms with Crippen molar-refractivity contribution < 1.29 is 4.74 Å². The molecule has 148 valence electrons. The van der Waals surface area contributed by atoms with Crippen molar-refractivity contribution in [2.45, 2.75) is 58.1 Å². The fraction of sp³-hybridized carbons (Fsp3) is 0.435. The van der Waals surface area contributed by atoms with Crippen LogP contribution in [0.15, 0.2) is 36.4 Å². The summed E-state index contributed by atoms with van der Waals surface area (Å²) in [4.78, 5) is 8.17. The number of fused-ring (bicyclic) bond motifs is 1. The summed E-state index contributed by atoms with van der Waals surface area (Å²) < 4.78 is 5.82. The maximum atomic E-state index is 5.92. The van der Waals surface area contributed by atoms with Gasteiger partial charge in [0.2, 0.25) is 0 Å². The van der Waals surface area contributed by atoms with Crippen LogP contribution in [0.5, 0.6) is 5.75 Å². The molecule has 28 heavy (non-hydrogen) atoms. The first-order chi connectivity index (χ1) is 13.7. The minimum absolute atomic E-state index is 0.415. The van der Waals surface area contributed by atoms with Crippen molar-refractivity contribution in [2.75, 3.05) is 6.54 Å². The summed E-state index contributed by atoms with van der Waals surface area (Å²) in [6.45, 7) is 3.78. The highest BCUT2D eigenvalue weighted by atomic mass is 35.5. The molecule has 0 bridgehead atoms. The number of aryl methyl sites for hydroxylation is 2. The van der Waals surface area contributed by atoms with E-state index in [1.165, 1.54) is 49.8 Å². The second kappa shape index (κ2) is 8.97. The Morgan fingerprint density at radius 2 is 2.00 bits per heavy atom. The van der Waals surface area contributed by atoms with E-state index in [1.54, 1.807) is 0 Å². The Kier molecular flexibility index (Phi) is 6.18. The van der Waals surface area contributed by atoms with Crippen LogP contribution in [0.4, 0.5) is 0 Å². The average Bonchev–Trinajstić information content (AvgIpc) is 3.14. The molecule has 0 radical (unpaired) electrons. The van der Waals surface area contributed by atoms with Crippen LogP contribution in [0.2, 0.25) is 5.02 Å². The lowest BCUT2D eigenvalue weighted by Crippen LogP contribution is -2.33. The van der Waals surface area contributed by atoms with Crippen LogP contribution >= 0.6 is 11.6 Å². The minimum Gasteiger partial charge on any atom is -0.486 e. The van der Waals surface area contributed by atoms with Gasteiger partial charge in [-0.1, -0.05) is 24.1 Å². The summed E-state index contributed by atoms with van der Waals surface area (Å²) in [5.41, 5.74) is 4.82. The van der Waals surface area contributed by atoms with Crippen molar-refractivity contribution in [3.05, 3.63) is 58.4 Å². The van der Waals surface area contributed by atoms with Crippen LogP contribution in [0.1, 0.15) is 49.1 Å². The van der Waals surface area contributed by atoms with E-state index in [0.717, 1.165) is 29.0 Å². The lowest BCUT2D eigenvalue weighted by atomic mass is 9.96. The van der Waals surface area contributed by atoms with E-state index in [1.807, 2.05) is 24.3 Å². The number of hydrogen-bond donors (Lipinski definition) is 2. The number of ether oxygens (including phenoxy) is 1. The maximum absolute atomic E-state index is 5.92. The van der Waals surface area contributed by atoms with Crippen LogP contribution in [0.25, 0.3) is 11.0 Å². The van der Waals surface area contributed by atoms with Gasteiger partial charge in [0.25, 0.3) is 0 Å². The minimum atomic E-state index is 0.415. The predicted octanol–water partition coefficient (Wildman–Crippen LogP) is 5.57. The SMILES string of the molecule is Cc1c(CCCC2CCCCN2)ccc2[nH]c(COc3ccc(Cl)cc3)nc12. The van der Waals surface area contributed by atoms with Crippen LogP contribution in [0, 0.1) is 6.92 Å². The summed E-state index contributed by atoms with van der Waals surface area (Å²) >= 11 is 5.92. The van der Waals surface area contributed by atoms with Gasteiger partial charge in [-0.25, -0.2) is 4.98 Å². The molecular formula is C23H28ClN3O. The Hall–Kier alpha value is -2.04. The normalized spacial score (nSPS) is 17.1. The fourth-order valence-corrected chi connectivity index (χ4v) is 4.16. The molecule has 1 saturated heterocycles. The number of imidazole rings is 1. The first kappa shape index (κ1) is 19.3. The summed E-state index contributed by atoms with van der Waals surface area (Å²) in [6, 6.07) is 12.5. The molecule has 0 spiro atoms. The number of nitrogens with zero attached hydrogens (tertiary/aromatic N) is 1. The molecule has 1 aliphatic rings. The highest BCUT2D eigenvalue weighted by Gasteiger charge is 2.13. The molecule has 3 aromatic rings. The third kappa shape index (κ3) is 4.68. The third-order valence-corrected chi connectivity index (χ3v) is 5.92. The number of halogens is 1. The van der Waals surface area contributed by atoms with Gasteiger partial charge in [-0.05, 0) is 87.0 Å². The molecule has 5 heteroatoms. The summed E-state index contributed by atoms with van der Waals surface area (Å²) in [5, 5.41) is 4.35. The number of H-pyrrole nitrogens is 1. The second-order valence-electron chi connectivity index (χ2n) is 7.71. The van der Waals surface area contributed by atoms with Crippen molar-refractivity contribution in [1.82, 2.24) is 15.3 Å². The molecule has 1 unspecified atom stereocenters. The van der Waals surface area contributed by atoms with E-state index in [0.29, 0.717) is 17.7 Å². The van der Waals surface area contributed by atoms with Crippen LogP contribution in [-0.2, 0) is 13.0 Å². The van der Waals surface area contributed by atoms with Crippen LogP contribution in [-0.4, -0.2) is 22.6 Å². The highest BCUT2D eigenvalue weighted by molar-refractivity contribution is 6.30. The highest BCUT2D eigenvalue weighted by Crippen LogP contribution is 2.23. The number of nitrogens with one attached hydrogen (secondary N) is 2. The zero-order chi connectivity index (χ0) is 19.3. The number of hydrogen-bond acceptors (Lipinski definition) is 3. The van der Waals surface area contributed by atoms with Gasteiger partial charge in [-0.2, -0.15) is 0 Å². The van der Waals surface area contributed by atoms with Crippen molar-refractivity contribution >= 4 is 22.6 Å². The second-order valence-corrected chi connectivity index (χ2v) is 8.15. The third-order valence-electron chi connectivity index (χ3n) is 5.67. The molecule has 4 rings (SSSR count). The molecule has 1 aliphatic heterocycles. The van der Waals surface area contributed by atoms with Gasteiger partial charge in [-0.15, -0.1) is 0 Å². The smallest absolute Gasteiger partial charge is 0.146 e. The number of benzene rings is 2. The summed E-state index contributed by atoms with van der Waals surface area (Å²) in [6.07, 6.45) is 7.63. The van der Waals surface area contributed by atoms with Gasteiger partial charge in [0.05, 0.1) is 11.0 Å².